The zero-order chi connectivity index (χ0) is 27.6. The quantitative estimate of drug-likeness (QED) is 0.103. The van der Waals surface area contributed by atoms with Gasteiger partial charge in [0.25, 0.3) is 11.8 Å². The second-order valence-corrected chi connectivity index (χ2v) is 13.0. The monoisotopic (exact) mass is 673 g/mol. The van der Waals surface area contributed by atoms with Gasteiger partial charge in [0.2, 0.25) is 5.60 Å². The van der Waals surface area contributed by atoms with Crippen LogP contribution in [0.4, 0.5) is 5.13 Å². The van der Waals surface area contributed by atoms with Gasteiger partial charge in [-0.2, -0.15) is 0 Å². The number of carbonyl (C=O) groups excluding carboxylic acids is 3. The number of oxime groups is 1. The number of β-lactam (4-membered cyclic amide) rings is 1. The van der Waals surface area contributed by atoms with Gasteiger partial charge in [0.05, 0.1) is 18.2 Å². The van der Waals surface area contributed by atoms with Crippen molar-refractivity contribution in [2.75, 3.05) is 18.0 Å². The van der Waals surface area contributed by atoms with Gasteiger partial charge in [-0.1, -0.05) is 17.3 Å². The molecular formula is C22H22IN6O7S2-. The molecule has 1 aromatic rings. The van der Waals surface area contributed by atoms with Crippen molar-refractivity contribution in [3.8, 4) is 0 Å². The number of hydrogen-bond acceptors (Lipinski definition) is 12. The largest absolute Gasteiger partial charge is 0.543 e. The van der Waals surface area contributed by atoms with Crippen LogP contribution in [-0.4, -0.2) is 80.9 Å². The number of fused-ring (bicyclic) bond motifs is 1. The Bertz CT molecular complexity index is 1320. The minimum absolute atomic E-state index is 0.0313. The van der Waals surface area contributed by atoms with E-state index in [1.807, 2.05) is 31.6 Å². The fourth-order valence-electron chi connectivity index (χ4n) is 3.46. The highest BCUT2D eigenvalue weighted by Crippen LogP contribution is 2.40. The van der Waals surface area contributed by atoms with E-state index in [4.69, 9.17) is 10.6 Å². The number of nitrogen functional groups attached to an aromatic ring is 1. The van der Waals surface area contributed by atoms with Gasteiger partial charge in [-0.3, -0.25) is 14.5 Å². The van der Waals surface area contributed by atoms with E-state index in [1.54, 1.807) is 0 Å². The lowest BCUT2D eigenvalue weighted by molar-refractivity contribution is -0.301. The van der Waals surface area contributed by atoms with E-state index in [0.29, 0.717) is 17.9 Å². The number of carbonyl (C=O) groups is 4. The summed E-state index contributed by atoms with van der Waals surface area (Å²) in [5.41, 5.74) is 3.93. The lowest BCUT2D eigenvalue weighted by atomic mass is 10.0. The minimum atomic E-state index is -1.75. The van der Waals surface area contributed by atoms with Crippen LogP contribution in [0, 0.1) is 0 Å². The first-order valence-electron chi connectivity index (χ1n) is 11.0. The molecule has 3 aliphatic heterocycles. The molecule has 0 aromatic carbocycles. The van der Waals surface area contributed by atoms with Gasteiger partial charge < -0.3 is 34.0 Å². The third-order valence-electron chi connectivity index (χ3n) is 5.45. The predicted octanol–water partition coefficient (Wildman–Crippen LogP) is -0.213. The molecule has 2 amide bonds. The number of aromatic nitrogens is 1. The molecule has 38 heavy (non-hydrogen) atoms. The molecule has 0 aliphatic carbocycles. The number of carboxylic acids is 2. The average molecular weight is 673 g/mol. The summed E-state index contributed by atoms with van der Waals surface area (Å²) in [6, 6.07) is -1.06. The number of nitrogens with zero attached hydrogens (tertiary/aromatic N) is 4. The Morgan fingerprint density at radius 2 is 2.13 bits per heavy atom. The standard InChI is InChI=1S/C22H23IN6O7S2/c1-22(2,20(34)35)36-27-13(12-10-38-21(24)25-12)16(30)26-14-17(31)29-15(19(32)33)11(9-37-18(14)29)8-28-7-5-3-4-6-23-28/h3-7,10,14,18H,8-9H2,1-2H3,(H2,24,25)(H,26,30)(H,32,33)(H,34,35)/p-1/b27-13-/t14-,18-/m1/s1. The first-order chi connectivity index (χ1) is 18.0. The number of thiazole rings is 1. The summed E-state index contributed by atoms with van der Waals surface area (Å²) < 4.78 is 4.05. The second kappa shape index (κ2) is 11.2. The molecular weight excluding hydrogens is 651 g/mol. The zero-order valence-electron chi connectivity index (χ0n) is 20.0. The van der Waals surface area contributed by atoms with Crippen molar-refractivity contribution in [3.05, 3.63) is 46.8 Å². The minimum Gasteiger partial charge on any atom is -0.543 e. The number of allylic oxidation sites excluding steroid dienone is 3. The Kier molecular flexibility index (Phi) is 8.22. The summed E-state index contributed by atoms with van der Waals surface area (Å²) in [5.74, 6) is -3.93. The molecule has 0 spiro atoms. The van der Waals surface area contributed by atoms with E-state index in [0.717, 1.165) is 16.2 Å². The van der Waals surface area contributed by atoms with Crippen LogP contribution in [-0.2, 0) is 24.0 Å². The Hall–Kier alpha value is -3.25. The Balaban J connectivity index is 1.54. The van der Waals surface area contributed by atoms with Crippen molar-refractivity contribution in [2.24, 2.45) is 5.16 Å². The van der Waals surface area contributed by atoms with Crippen LogP contribution >= 0.6 is 44.1 Å². The fourth-order valence-corrected chi connectivity index (χ4v) is 7.16. The number of nitrogens with one attached hydrogen (secondary N) is 1. The summed E-state index contributed by atoms with van der Waals surface area (Å²) in [7, 11) is 0. The lowest BCUT2D eigenvalue weighted by Gasteiger charge is -2.51. The van der Waals surface area contributed by atoms with Crippen LogP contribution in [0.15, 0.2) is 46.2 Å². The van der Waals surface area contributed by atoms with Gasteiger partial charge in [-0.15, -0.1) is 23.1 Å². The zero-order valence-corrected chi connectivity index (χ0v) is 23.8. The molecule has 2 atom stereocenters. The first-order valence-corrected chi connectivity index (χ1v) is 15.1. The Labute approximate surface area is 235 Å². The summed E-state index contributed by atoms with van der Waals surface area (Å²) in [6.07, 6.45) is 7.56. The van der Waals surface area contributed by atoms with Crippen LogP contribution in [0.2, 0.25) is 0 Å². The van der Waals surface area contributed by atoms with Crippen molar-refractivity contribution in [1.29, 1.82) is 0 Å². The SMILES string of the molecule is CC(C)(O/N=C(\C(=O)N[C@@H]1C(=O)N2C(C(=O)[O-])=C(CN3C=CC=CC=I3)CS[C@H]12)c1csc(N)n1)C(=O)O. The van der Waals surface area contributed by atoms with Gasteiger partial charge in [0.1, 0.15) is 17.1 Å². The number of rotatable bonds is 9. The number of aliphatic carboxylic acids is 2. The third-order valence-corrected chi connectivity index (χ3v) is 9.58. The van der Waals surface area contributed by atoms with E-state index in [1.165, 1.54) is 31.0 Å². The normalized spacial score (nSPS) is 21.3. The summed E-state index contributed by atoms with van der Waals surface area (Å²) >= 11 is 1.86. The molecule has 1 saturated heterocycles. The van der Waals surface area contributed by atoms with E-state index in [-0.39, 0.29) is 22.2 Å². The number of hydrogen-bond donors (Lipinski definition) is 3. The first kappa shape index (κ1) is 27.8. The topological polar surface area (TPSA) is 191 Å². The van der Waals surface area contributed by atoms with Crippen LogP contribution < -0.4 is 16.2 Å². The highest BCUT2D eigenvalue weighted by atomic mass is 127. The molecule has 16 heteroatoms. The van der Waals surface area contributed by atoms with Crippen LogP contribution in [0.1, 0.15) is 19.5 Å². The molecule has 4 heterocycles. The fraction of sp³-hybridized carbons (Fsp3) is 0.318. The summed E-state index contributed by atoms with van der Waals surface area (Å²) in [5, 5.41) is 28.5. The second-order valence-electron chi connectivity index (χ2n) is 8.53. The number of thioether (sulfide) groups is 1. The smallest absolute Gasteiger partial charge is 0.350 e. The number of anilines is 1. The molecule has 1 fully saturated rings. The maximum Gasteiger partial charge on any atom is 0.350 e. The Morgan fingerprint density at radius 3 is 2.79 bits per heavy atom. The third kappa shape index (κ3) is 5.75. The summed E-state index contributed by atoms with van der Waals surface area (Å²) in [6.45, 7) is 2.84. The molecule has 13 nitrogen and oxygen atoms in total. The van der Waals surface area contributed by atoms with Crippen molar-refractivity contribution in [3.63, 3.8) is 0 Å². The predicted molar refractivity (Wildman–Crippen MR) is 148 cm³/mol. The van der Waals surface area contributed by atoms with Crippen molar-refractivity contribution in [2.45, 2.75) is 30.9 Å². The van der Waals surface area contributed by atoms with Gasteiger partial charge >= 0.3 is 5.97 Å². The highest BCUT2D eigenvalue weighted by molar-refractivity contribution is 14.2. The molecule has 4 rings (SSSR count). The van der Waals surface area contributed by atoms with Crippen molar-refractivity contribution < 1.29 is 34.2 Å². The molecule has 4 N–H and O–H groups in total. The van der Waals surface area contributed by atoms with Gasteiger partial charge in [-0.05, 0) is 50.5 Å². The molecule has 202 valence electrons. The number of nitrogens with two attached hydrogens (primary N) is 1. The molecule has 0 radical (unpaired) electrons. The number of halogens is 1. The van der Waals surface area contributed by atoms with Crippen molar-refractivity contribution >= 4 is 82.7 Å². The molecule has 3 aliphatic rings. The van der Waals surface area contributed by atoms with Gasteiger partial charge in [0.15, 0.2) is 10.8 Å². The van der Waals surface area contributed by atoms with E-state index >= 15 is 0 Å². The van der Waals surface area contributed by atoms with Gasteiger partial charge in [-0.25, -0.2) is 9.78 Å². The molecule has 1 aromatic heterocycles. The van der Waals surface area contributed by atoms with Crippen LogP contribution in [0.5, 0.6) is 0 Å². The number of carboxylic acid groups (broad SMARTS) is 2. The maximum atomic E-state index is 13.2. The molecule has 0 saturated carbocycles. The highest BCUT2D eigenvalue weighted by Gasteiger charge is 2.53. The Morgan fingerprint density at radius 1 is 1.37 bits per heavy atom. The lowest BCUT2D eigenvalue weighted by Crippen LogP contribution is -2.71. The number of amides is 2. The van der Waals surface area contributed by atoms with Crippen molar-refractivity contribution in [1.82, 2.24) is 18.3 Å². The molecule has 0 unspecified atom stereocenters. The van der Waals surface area contributed by atoms with E-state index < -0.39 is 61.8 Å². The van der Waals surface area contributed by atoms with Crippen LogP contribution in [0.25, 0.3) is 0 Å². The van der Waals surface area contributed by atoms with E-state index in [9.17, 15) is 29.4 Å². The van der Waals surface area contributed by atoms with Crippen LogP contribution in [0.3, 0.4) is 0 Å². The average Bonchev–Trinajstić information content (AvgIpc) is 3.12. The van der Waals surface area contributed by atoms with Gasteiger partial charge in [0, 0.05) is 17.3 Å². The van der Waals surface area contributed by atoms with E-state index in [2.05, 4.69) is 15.5 Å². The molecule has 0 bridgehead atoms. The summed E-state index contributed by atoms with van der Waals surface area (Å²) in [4.78, 5) is 59.9. The maximum absolute atomic E-state index is 13.2.